The van der Waals surface area contributed by atoms with Crippen LogP contribution in [-0.4, -0.2) is 82.0 Å². The highest BCUT2D eigenvalue weighted by Gasteiger charge is 2.39. The number of primary amides is 1. The first-order valence-corrected chi connectivity index (χ1v) is 9.14. The molecule has 0 spiro atoms. The second-order valence-corrected chi connectivity index (χ2v) is 7.22. The van der Waals surface area contributed by atoms with Crippen LogP contribution in [0.25, 0.3) is 0 Å². The van der Waals surface area contributed by atoms with Crippen LogP contribution in [0.3, 0.4) is 0 Å². The molecule has 1 aromatic rings. The number of rotatable bonds is 8. The summed E-state index contributed by atoms with van der Waals surface area (Å²) in [5.41, 5.74) is 5.28. The van der Waals surface area contributed by atoms with Crippen molar-refractivity contribution in [2.45, 2.75) is 37.3 Å². The van der Waals surface area contributed by atoms with Crippen molar-refractivity contribution in [3.8, 4) is 11.5 Å². The fraction of sp³-hybridized carbons (Fsp3) is 0.529. The zero-order chi connectivity index (χ0) is 20.4. The molecule has 0 saturated carbocycles. The zero-order valence-corrected chi connectivity index (χ0v) is 15.2. The van der Waals surface area contributed by atoms with Gasteiger partial charge in [0.1, 0.15) is 23.2 Å². The van der Waals surface area contributed by atoms with Crippen LogP contribution < -0.4 is 15.8 Å². The molecule has 1 amide bonds. The minimum Gasteiger partial charge on any atom is -0.507 e. The molecule has 0 unspecified atom stereocenters. The monoisotopic (exact) mass is 393 g/mol. The molecule has 2 aliphatic rings. The Morgan fingerprint density at radius 2 is 2.04 bits per heavy atom. The van der Waals surface area contributed by atoms with Crippen LogP contribution in [0.1, 0.15) is 22.3 Å². The van der Waals surface area contributed by atoms with Gasteiger partial charge in [-0.15, -0.1) is 0 Å². The van der Waals surface area contributed by atoms with E-state index in [0.717, 1.165) is 0 Å². The van der Waals surface area contributed by atoms with Crippen molar-refractivity contribution in [1.29, 1.82) is 0 Å². The van der Waals surface area contributed by atoms with Gasteiger partial charge in [-0.1, -0.05) is 6.07 Å². The van der Waals surface area contributed by atoms with Gasteiger partial charge in [0.05, 0.1) is 6.04 Å². The Kier molecular flexibility index (Phi) is 6.09. The molecule has 152 valence electrons. The summed E-state index contributed by atoms with van der Waals surface area (Å²) in [5, 5.41) is 40.7. The van der Waals surface area contributed by atoms with Crippen LogP contribution in [0.5, 0.6) is 11.5 Å². The Morgan fingerprint density at radius 3 is 2.61 bits per heavy atom. The minimum atomic E-state index is -1.54. The van der Waals surface area contributed by atoms with Crippen molar-refractivity contribution >= 4 is 19.0 Å². The number of aryl methyl sites for hydroxylation is 1. The van der Waals surface area contributed by atoms with Crippen molar-refractivity contribution in [3.63, 3.8) is 0 Å². The normalized spacial score (nSPS) is 22.6. The molecular weight excluding hydrogens is 369 g/mol. The SMILES string of the molecule is NC(=O)[C@@H]1C[C@H](N2CC(Oc3ccc(CCB(O)O)c(O)c3C(=O)O)C2)CN1. The van der Waals surface area contributed by atoms with Crippen molar-refractivity contribution in [2.75, 3.05) is 19.6 Å². The number of carbonyl (C=O) groups is 2. The summed E-state index contributed by atoms with van der Waals surface area (Å²) >= 11 is 0. The first kappa shape index (κ1) is 20.4. The molecule has 0 aromatic heterocycles. The molecule has 2 aliphatic heterocycles. The lowest BCUT2D eigenvalue weighted by molar-refractivity contribution is -0.119. The Hall–Kier alpha value is -2.34. The lowest BCUT2D eigenvalue weighted by Crippen LogP contribution is -2.58. The number of carboxylic acids is 1. The molecule has 3 rings (SSSR count). The van der Waals surface area contributed by atoms with Gasteiger partial charge in [0.2, 0.25) is 5.91 Å². The van der Waals surface area contributed by atoms with E-state index in [0.29, 0.717) is 31.6 Å². The van der Waals surface area contributed by atoms with E-state index in [4.69, 9.17) is 20.5 Å². The van der Waals surface area contributed by atoms with Crippen LogP contribution in [0.15, 0.2) is 12.1 Å². The van der Waals surface area contributed by atoms with Crippen LogP contribution in [-0.2, 0) is 11.2 Å². The summed E-state index contributed by atoms with van der Waals surface area (Å²) in [6.45, 7) is 1.82. The van der Waals surface area contributed by atoms with E-state index < -0.39 is 18.8 Å². The number of aromatic hydroxyl groups is 1. The molecule has 2 saturated heterocycles. The second-order valence-electron chi connectivity index (χ2n) is 7.22. The second kappa shape index (κ2) is 8.35. The number of amides is 1. The maximum Gasteiger partial charge on any atom is 0.451 e. The summed E-state index contributed by atoms with van der Waals surface area (Å²) < 4.78 is 5.77. The molecule has 0 aliphatic carbocycles. The molecule has 2 atom stereocenters. The van der Waals surface area contributed by atoms with Gasteiger partial charge < -0.3 is 36.0 Å². The van der Waals surface area contributed by atoms with E-state index in [1.54, 1.807) is 0 Å². The predicted octanol–water partition coefficient (Wildman–Crippen LogP) is -1.62. The van der Waals surface area contributed by atoms with Crippen molar-refractivity contribution in [2.24, 2.45) is 5.73 Å². The fourth-order valence-corrected chi connectivity index (χ4v) is 3.64. The number of benzene rings is 1. The standard InChI is InChI=1S/C17H24BN3O7/c19-16(23)12-5-10(6-20-12)21-7-11(8-21)28-13-2-1-9(3-4-18(26)27)15(22)14(13)17(24)25/h1-2,10-12,20,22,26-27H,3-8H2,(H2,19,23)(H,24,25)/t10-,12-/m0/s1. The van der Waals surface area contributed by atoms with Crippen molar-refractivity contribution < 1.29 is 34.6 Å². The van der Waals surface area contributed by atoms with Crippen molar-refractivity contribution in [1.82, 2.24) is 10.2 Å². The number of hydrogen-bond donors (Lipinski definition) is 6. The van der Waals surface area contributed by atoms with E-state index in [2.05, 4.69) is 10.2 Å². The summed E-state index contributed by atoms with van der Waals surface area (Å²) in [6.07, 6.45) is 0.507. The highest BCUT2D eigenvalue weighted by atomic mass is 16.5. The molecule has 1 aromatic carbocycles. The largest absolute Gasteiger partial charge is 0.507 e. The van der Waals surface area contributed by atoms with Gasteiger partial charge in [-0.05, 0) is 30.8 Å². The molecule has 2 heterocycles. The van der Waals surface area contributed by atoms with E-state index in [1.165, 1.54) is 12.1 Å². The fourth-order valence-electron chi connectivity index (χ4n) is 3.64. The Morgan fingerprint density at radius 1 is 1.32 bits per heavy atom. The number of carboxylic acid groups (broad SMARTS) is 1. The Bertz CT molecular complexity index is 755. The van der Waals surface area contributed by atoms with Crippen molar-refractivity contribution in [3.05, 3.63) is 23.3 Å². The number of carbonyl (C=O) groups excluding carboxylic acids is 1. The summed E-state index contributed by atoms with van der Waals surface area (Å²) in [4.78, 5) is 25.0. The Balaban J connectivity index is 1.61. The average molecular weight is 393 g/mol. The molecule has 0 bridgehead atoms. The number of hydrogen-bond acceptors (Lipinski definition) is 8. The van der Waals surface area contributed by atoms with Gasteiger partial charge in [-0.2, -0.15) is 0 Å². The maximum absolute atomic E-state index is 11.6. The third-order valence-electron chi connectivity index (χ3n) is 5.25. The quantitative estimate of drug-likeness (QED) is 0.285. The third kappa shape index (κ3) is 4.38. The van der Waals surface area contributed by atoms with Crippen LogP contribution in [0.4, 0.5) is 0 Å². The van der Waals surface area contributed by atoms with Gasteiger partial charge in [-0.3, -0.25) is 9.69 Å². The number of nitrogens with one attached hydrogen (secondary N) is 1. The van der Waals surface area contributed by atoms with Gasteiger partial charge in [0.15, 0.2) is 0 Å². The van der Waals surface area contributed by atoms with Gasteiger partial charge >= 0.3 is 13.1 Å². The number of aromatic carboxylic acids is 1. The first-order valence-electron chi connectivity index (χ1n) is 9.14. The first-order chi connectivity index (χ1) is 13.3. The molecule has 10 nitrogen and oxygen atoms in total. The van der Waals surface area contributed by atoms with Crippen LogP contribution in [0, 0.1) is 0 Å². The Labute approximate surface area is 162 Å². The molecular formula is C17H24BN3O7. The smallest absolute Gasteiger partial charge is 0.451 e. The summed E-state index contributed by atoms with van der Waals surface area (Å²) in [5.74, 6) is -2.04. The lowest BCUT2D eigenvalue weighted by atomic mass is 9.82. The number of ether oxygens (including phenoxy) is 1. The zero-order valence-electron chi connectivity index (χ0n) is 15.2. The van der Waals surface area contributed by atoms with E-state index in [-0.39, 0.29) is 48.1 Å². The molecule has 0 radical (unpaired) electrons. The van der Waals surface area contributed by atoms with E-state index >= 15 is 0 Å². The minimum absolute atomic E-state index is 0.0217. The molecule has 7 N–H and O–H groups in total. The van der Waals surface area contributed by atoms with Gasteiger partial charge in [0.25, 0.3) is 0 Å². The topological polar surface area (TPSA) is 166 Å². The summed E-state index contributed by atoms with van der Waals surface area (Å²) in [6, 6.07) is 2.85. The maximum atomic E-state index is 11.6. The van der Waals surface area contributed by atoms with E-state index in [9.17, 15) is 19.8 Å². The number of likely N-dealkylation sites (tertiary alicyclic amines) is 1. The highest BCUT2D eigenvalue weighted by molar-refractivity contribution is 6.41. The number of nitrogens with zero attached hydrogens (tertiary/aromatic N) is 1. The average Bonchev–Trinajstić information content (AvgIpc) is 3.06. The number of nitrogens with two attached hydrogens (primary N) is 1. The third-order valence-corrected chi connectivity index (χ3v) is 5.25. The summed E-state index contributed by atoms with van der Waals surface area (Å²) in [7, 11) is -1.54. The predicted molar refractivity (Wildman–Crippen MR) is 99.1 cm³/mol. The van der Waals surface area contributed by atoms with Gasteiger partial charge in [-0.25, -0.2) is 4.79 Å². The lowest BCUT2D eigenvalue weighted by Gasteiger charge is -2.42. The van der Waals surface area contributed by atoms with Crippen LogP contribution >= 0.6 is 0 Å². The van der Waals surface area contributed by atoms with Crippen LogP contribution in [0.2, 0.25) is 6.32 Å². The number of phenols is 1. The van der Waals surface area contributed by atoms with E-state index in [1.807, 2.05) is 0 Å². The molecule has 2 fully saturated rings. The molecule has 11 heteroatoms. The molecule has 28 heavy (non-hydrogen) atoms. The highest BCUT2D eigenvalue weighted by Crippen LogP contribution is 2.34. The van der Waals surface area contributed by atoms with Gasteiger partial charge in [0, 0.05) is 25.7 Å².